The lowest BCUT2D eigenvalue weighted by Gasteiger charge is -2.01. The van der Waals surface area contributed by atoms with Crippen LogP contribution in [0.5, 0.6) is 0 Å². The topological polar surface area (TPSA) is 77.2 Å². The molecule has 0 heterocycles. The molecule has 0 saturated carbocycles. The van der Waals surface area contributed by atoms with Crippen LogP contribution < -0.4 is 5.14 Å². The fourth-order valence-corrected chi connectivity index (χ4v) is 2.11. The second-order valence-electron chi connectivity index (χ2n) is 3.43. The number of rotatable bonds is 4. The van der Waals surface area contributed by atoms with Gasteiger partial charge in [0.2, 0.25) is 10.0 Å². The normalized spacial score (nSPS) is 11.9. The molecular weight excluding hydrogens is 277 g/mol. The van der Waals surface area contributed by atoms with Crippen LogP contribution >= 0.6 is 11.8 Å². The molecule has 1 aromatic rings. The van der Waals surface area contributed by atoms with E-state index < -0.39 is 15.8 Å². The van der Waals surface area contributed by atoms with E-state index >= 15 is 0 Å². The SMILES string of the molecule is CC(=O)SCC=Cc1ccc(S(N)(=O)=O)cc1F. The van der Waals surface area contributed by atoms with Gasteiger partial charge in [-0.05, 0) is 12.1 Å². The molecule has 0 aliphatic heterocycles. The molecule has 0 unspecified atom stereocenters. The molecule has 0 amide bonds. The second kappa shape index (κ2) is 6.12. The number of halogens is 1. The zero-order valence-corrected chi connectivity index (χ0v) is 11.2. The highest BCUT2D eigenvalue weighted by Crippen LogP contribution is 2.15. The van der Waals surface area contributed by atoms with Crippen molar-refractivity contribution in [2.75, 3.05) is 5.75 Å². The van der Waals surface area contributed by atoms with Crippen LogP contribution in [-0.2, 0) is 14.8 Å². The van der Waals surface area contributed by atoms with Crippen LogP contribution in [0.1, 0.15) is 12.5 Å². The number of sulfonamides is 1. The Morgan fingerprint density at radius 1 is 1.50 bits per heavy atom. The van der Waals surface area contributed by atoms with Crippen LogP contribution in [0.4, 0.5) is 4.39 Å². The first-order chi connectivity index (χ1) is 8.30. The average Bonchev–Trinajstić information content (AvgIpc) is 2.24. The van der Waals surface area contributed by atoms with Gasteiger partial charge in [-0.2, -0.15) is 0 Å². The smallest absolute Gasteiger partial charge is 0.238 e. The number of hydrogen-bond acceptors (Lipinski definition) is 4. The number of carbonyl (C=O) groups excluding carboxylic acids is 1. The van der Waals surface area contributed by atoms with Crippen LogP contribution in [-0.4, -0.2) is 19.3 Å². The summed E-state index contributed by atoms with van der Waals surface area (Å²) in [6.07, 6.45) is 3.11. The molecule has 0 saturated heterocycles. The third kappa shape index (κ3) is 4.59. The van der Waals surface area contributed by atoms with Crippen molar-refractivity contribution >= 4 is 33.0 Å². The van der Waals surface area contributed by atoms with Crippen molar-refractivity contribution < 1.29 is 17.6 Å². The van der Waals surface area contributed by atoms with Gasteiger partial charge in [-0.25, -0.2) is 17.9 Å². The van der Waals surface area contributed by atoms with Gasteiger partial charge in [0.1, 0.15) is 5.82 Å². The molecule has 0 fully saturated rings. The van der Waals surface area contributed by atoms with E-state index in [0.29, 0.717) is 5.75 Å². The number of thioether (sulfide) groups is 1. The van der Waals surface area contributed by atoms with Crippen molar-refractivity contribution in [2.45, 2.75) is 11.8 Å². The largest absolute Gasteiger partial charge is 0.288 e. The van der Waals surface area contributed by atoms with E-state index in [2.05, 4.69) is 0 Å². The molecule has 0 radical (unpaired) electrons. The number of carbonyl (C=O) groups is 1. The molecule has 0 aliphatic carbocycles. The molecule has 0 atom stereocenters. The predicted molar refractivity (Wildman–Crippen MR) is 69.9 cm³/mol. The zero-order chi connectivity index (χ0) is 13.8. The quantitative estimate of drug-likeness (QED) is 0.916. The van der Waals surface area contributed by atoms with E-state index in [-0.39, 0.29) is 15.6 Å². The van der Waals surface area contributed by atoms with Crippen molar-refractivity contribution in [3.05, 3.63) is 35.7 Å². The third-order valence-electron chi connectivity index (χ3n) is 1.98. The maximum Gasteiger partial charge on any atom is 0.238 e. The molecule has 0 aliphatic rings. The van der Waals surface area contributed by atoms with Gasteiger partial charge < -0.3 is 0 Å². The van der Waals surface area contributed by atoms with Gasteiger partial charge in [-0.1, -0.05) is 30.0 Å². The molecule has 4 nitrogen and oxygen atoms in total. The first-order valence-electron chi connectivity index (χ1n) is 4.93. The lowest BCUT2D eigenvalue weighted by atomic mass is 10.2. The first kappa shape index (κ1) is 14.9. The van der Waals surface area contributed by atoms with Gasteiger partial charge >= 0.3 is 0 Å². The summed E-state index contributed by atoms with van der Waals surface area (Å²) in [5, 5.41) is 4.85. The molecule has 2 N–H and O–H groups in total. The summed E-state index contributed by atoms with van der Waals surface area (Å²) in [6, 6.07) is 3.42. The minimum absolute atomic E-state index is 0.0234. The van der Waals surface area contributed by atoms with Gasteiger partial charge in [0, 0.05) is 18.2 Å². The zero-order valence-electron chi connectivity index (χ0n) is 9.59. The van der Waals surface area contributed by atoms with E-state index in [4.69, 9.17) is 5.14 Å². The summed E-state index contributed by atoms with van der Waals surface area (Å²) in [4.78, 5) is 10.4. The molecule has 7 heteroatoms. The second-order valence-corrected chi connectivity index (χ2v) is 6.19. The van der Waals surface area contributed by atoms with Gasteiger partial charge in [0.15, 0.2) is 5.12 Å². The Bertz CT molecular complexity index is 582. The van der Waals surface area contributed by atoms with Crippen LogP contribution in [0, 0.1) is 5.82 Å². The Labute approximate surface area is 109 Å². The van der Waals surface area contributed by atoms with E-state index in [1.165, 1.54) is 25.1 Å². The minimum Gasteiger partial charge on any atom is -0.288 e. The fourth-order valence-electron chi connectivity index (χ4n) is 1.16. The van der Waals surface area contributed by atoms with Crippen molar-refractivity contribution in [3.8, 4) is 0 Å². The van der Waals surface area contributed by atoms with Crippen LogP contribution in [0.15, 0.2) is 29.2 Å². The highest BCUT2D eigenvalue weighted by molar-refractivity contribution is 8.13. The number of benzene rings is 1. The molecule has 18 heavy (non-hydrogen) atoms. The van der Waals surface area contributed by atoms with E-state index in [0.717, 1.165) is 17.8 Å². The standard InChI is InChI=1S/C11H12FNO3S2/c1-8(14)17-6-2-3-9-4-5-10(7-11(9)12)18(13,15)16/h2-5,7H,6H2,1H3,(H2,13,15,16). The van der Waals surface area contributed by atoms with Gasteiger partial charge in [-0.15, -0.1) is 0 Å². The third-order valence-corrected chi connectivity index (χ3v) is 3.66. The van der Waals surface area contributed by atoms with Crippen molar-refractivity contribution in [2.24, 2.45) is 5.14 Å². The molecule has 0 spiro atoms. The number of nitrogens with two attached hydrogens (primary N) is 1. The summed E-state index contributed by atoms with van der Waals surface area (Å²) in [5.41, 5.74) is 0.242. The predicted octanol–water partition coefficient (Wildman–Crippen LogP) is 1.77. The van der Waals surface area contributed by atoms with Crippen LogP contribution in [0.3, 0.4) is 0 Å². The highest BCUT2D eigenvalue weighted by Gasteiger charge is 2.10. The van der Waals surface area contributed by atoms with Crippen molar-refractivity contribution in [3.63, 3.8) is 0 Å². The molecule has 0 aromatic heterocycles. The minimum atomic E-state index is -3.89. The summed E-state index contributed by atoms with van der Waals surface area (Å²) in [6.45, 7) is 1.44. The summed E-state index contributed by atoms with van der Waals surface area (Å²) in [7, 11) is -3.89. The number of hydrogen-bond donors (Lipinski definition) is 1. The Morgan fingerprint density at radius 2 is 2.17 bits per heavy atom. The van der Waals surface area contributed by atoms with Gasteiger partial charge in [0.05, 0.1) is 4.90 Å². The van der Waals surface area contributed by atoms with Crippen molar-refractivity contribution in [1.29, 1.82) is 0 Å². The summed E-state index contributed by atoms with van der Waals surface area (Å²) in [5.74, 6) is -0.239. The Kier molecular flexibility index (Phi) is 5.06. The molecule has 0 bridgehead atoms. The molecule has 1 aromatic carbocycles. The molecule has 98 valence electrons. The lowest BCUT2D eigenvalue weighted by Crippen LogP contribution is -2.12. The summed E-state index contributed by atoms with van der Waals surface area (Å²) < 4.78 is 35.5. The Morgan fingerprint density at radius 3 is 2.67 bits per heavy atom. The first-order valence-corrected chi connectivity index (χ1v) is 7.46. The number of primary sulfonamides is 1. The highest BCUT2D eigenvalue weighted by atomic mass is 32.2. The van der Waals surface area contributed by atoms with Crippen molar-refractivity contribution in [1.82, 2.24) is 0 Å². The monoisotopic (exact) mass is 289 g/mol. The fraction of sp³-hybridized carbons (Fsp3) is 0.182. The van der Waals surface area contributed by atoms with E-state index in [9.17, 15) is 17.6 Å². The molecular formula is C11H12FNO3S2. The maximum absolute atomic E-state index is 13.5. The Hall–Kier alpha value is -1.18. The van der Waals surface area contributed by atoms with E-state index in [1.807, 2.05) is 0 Å². The average molecular weight is 289 g/mol. The summed E-state index contributed by atoms with van der Waals surface area (Å²) >= 11 is 1.10. The van der Waals surface area contributed by atoms with Gasteiger partial charge in [0.25, 0.3) is 0 Å². The van der Waals surface area contributed by atoms with Gasteiger partial charge in [-0.3, -0.25) is 4.79 Å². The van der Waals surface area contributed by atoms with Crippen LogP contribution in [0.25, 0.3) is 6.08 Å². The van der Waals surface area contributed by atoms with E-state index in [1.54, 1.807) is 6.08 Å². The van der Waals surface area contributed by atoms with Crippen LogP contribution in [0.2, 0.25) is 0 Å². The maximum atomic E-state index is 13.5. The Balaban J connectivity index is 2.84. The lowest BCUT2D eigenvalue weighted by molar-refractivity contribution is -0.109. The molecule has 1 rings (SSSR count).